The van der Waals surface area contributed by atoms with Gasteiger partial charge in [-0.15, -0.1) is 0 Å². The molecule has 0 bridgehead atoms. The van der Waals surface area contributed by atoms with Crippen molar-refractivity contribution >= 4 is 22.5 Å². The molecule has 29 heavy (non-hydrogen) atoms. The molecule has 5 rings (SSSR count). The minimum atomic E-state index is 0.0154. The van der Waals surface area contributed by atoms with Crippen LogP contribution in [0.5, 0.6) is 0 Å². The van der Waals surface area contributed by atoms with Crippen LogP contribution in [0.1, 0.15) is 30.1 Å². The van der Waals surface area contributed by atoms with Crippen molar-refractivity contribution in [2.45, 2.75) is 19.8 Å². The van der Waals surface area contributed by atoms with E-state index in [1.165, 1.54) is 12.8 Å². The Balaban J connectivity index is 1.45. The second-order valence-electron chi connectivity index (χ2n) is 8.12. The van der Waals surface area contributed by atoms with Crippen molar-refractivity contribution in [2.24, 2.45) is 5.92 Å². The van der Waals surface area contributed by atoms with Crippen molar-refractivity contribution in [1.82, 2.24) is 9.47 Å². The number of likely N-dealkylation sites (tertiary alicyclic amines) is 1. The molecular formula is C25H25N3O. The van der Waals surface area contributed by atoms with Crippen molar-refractivity contribution in [2.75, 3.05) is 31.1 Å². The molecule has 0 unspecified atom stereocenters. The fourth-order valence-corrected chi connectivity index (χ4v) is 4.40. The van der Waals surface area contributed by atoms with Gasteiger partial charge in [0.1, 0.15) is 0 Å². The van der Waals surface area contributed by atoms with Gasteiger partial charge in [-0.2, -0.15) is 0 Å². The maximum Gasteiger partial charge on any atom is 0.261 e. The summed E-state index contributed by atoms with van der Waals surface area (Å²) in [4.78, 5) is 17.7. The van der Waals surface area contributed by atoms with E-state index in [2.05, 4.69) is 46.4 Å². The molecule has 1 aromatic heterocycles. The molecule has 0 aliphatic carbocycles. The SMILES string of the molecule is CC1CCN(CC#CCN2C(=O)c3cccc4ccn(c34)-c3ccccc32)CC1. The van der Waals surface area contributed by atoms with Crippen LogP contribution in [0.2, 0.25) is 0 Å². The third-order valence-electron chi connectivity index (χ3n) is 6.16. The third kappa shape index (κ3) is 3.22. The summed E-state index contributed by atoms with van der Waals surface area (Å²) in [5.74, 6) is 7.41. The van der Waals surface area contributed by atoms with Gasteiger partial charge < -0.3 is 4.57 Å². The zero-order valence-corrected chi connectivity index (χ0v) is 16.8. The highest BCUT2D eigenvalue weighted by molar-refractivity contribution is 6.16. The summed E-state index contributed by atoms with van der Waals surface area (Å²) >= 11 is 0. The van der Waals surface area contributed by atoms with Crippen molar-refractivity contribution in [3.05, 3.63) is 60.3 Å². The Morgan fingerprint density at radius 1 is 0.931 bits per heavy atom. The Labute approximate surface area is 171 Å². The fraction of sp³-hybridized carbons (Fsp3) is 0.320. The van der Waals surface area contributed by atoms with Gasteiger partial charge in [-0.1, -0.05) is 43.0 Å². The molecule has 1 fully saturated rings. The van der Waals surface area contributed by atoms with Crippen LogP contribution in [0.15, 0.2) is 54.7 Å². The normalized spacial score (nSPS) is 17.0. The molecule has 3 aromatic rings. The lowest BCUT2D eigenvalue weighted by atomic mass is 9.99. The number of nitrogens with zero attached hydrogens (tertiary/aromatic N) is 3. The highest BCUT2D eigenvalue weighted by atomic mass is 16.2. The summed E-state index contributed by atoms with van der Waals surface area (Å²) in [5, 5.41) is 1.08. The van der Waals surface area contributed by atoms with Crippen molar-refractivity contribution < 1.29 is 4.79 Å². The predicted molar refractivity (Wildman–Crippen MR) is 118 cm³/mol. The van der Waals surface area contributed by atoms with Gasteiger partial charge in [-0.25, -0.2) is 0 Å². The van der Waals surface area contributed by atoms with Gasteiger partial charge in [0.2, 0.25) is 0 Å². The van der Waals surface area contributed by atoms with Gasteiger partial charge in [-0.3, -0.25) is 14.6 Å². The molecule has 2 aliphatic heterocycles. The Hall–Kier alpha value is -3.03. The topological polar surface area (TPSA) is 28.5 Å². The van der Waals surface area contributed by atoms with E-state index >= 15 is 0 Å². The van der Waals surface area contributed by atoms with Gasteiger partial charge in [0.05, 0.1) is 35.5 Å². The Bertz CT molecular complexity index is 1130. The summed E-state index contributed by atoms with van der Waals surface area (Å²) in [6.07, 6.45) is 4.55. The van der Waals surface area contributed by atoms with Crippen LogP contribution in [0, 0.1) is 17.8 Å². The first-order valence-corrected chi connectivity index (χ1v) is 10.4. The summed E-state index contributed by atoms with van der Waals surface area (Å²) in [7, 11) is 0. The number of hydrogen-bond acceptors (Lipinski definition) is 2. The second kappa shape index (κ2) is 7.42. The molecule has 2 aliphatic rings. The van der Waals surface area contributed by atoms with Gasteiger partial charge in [0, 0.05) is 11.6 Å². The van der Waals surface area contributed by atoms with Crippen LogP contribution in [-0.2, 0) is 0 Å². The van der Waals surface area contributed by atoms with E-state index in [0.717, 1.165) is 53.4 Å². The van der Waals surface area contributed by atoms with Crippen LogP contribution in [0.3, 0.4) is 0 Å². The number of piperidine rings is 1. The fourth-order valence-electron chi connectivity index (χ4n) is 4.40. The number of rotatable bonds is 2. The summed E-state index contributed by atoms with van der Waals surface area (Å²) in [5.41, 5.74) is 3.64. The first kappa shape index (κ1) is 18.0. The number of para-hydroxylation sites is 3. The minimum Gasteiger partial charge on any atom is -0.314 e. The number of carbonyl (C=O) groups excluding carboxylic acids is 1. The van der Waals surface area contributed by atoms with E-state index in [1.807, 2.05) is 41.4 Å². The van der Waals surface area contributed by atoms with Crippen LogP contribution < -0.4 is 4.90 Å². The van der Waals surface area contributed by atoms with E-state index in [0.29, 0.717) is 6.54 Å². The van der Waals surface area contributed by atoms with Gasteiger partial charge in [0.15, 0.2) is 0 Å². The van der Waals surface area contributed by atoms with Crippen molar-refractivity contribution in [1.29, 1.82) is 0 Å². The number of carbonyl (C=O) groups is 1. The van der Waals surface area contributed by atoms with E-state index in [4.69, 9.17) is 0 Å². The Morgan fingerprint density at radius 2 is 1.69 bits per heavy atom. The highest BCUT2D eigenvalue weighted by Gasteiger charge is 2.27. The van der Waals surface area contributed by atoms with Crippen LogP contribution in [0.4, 0.5) is 5.69 Å². The minimum absolute atomic E-state index is 0.0154. The molecule has 3 heterocycles. The largest absolute Gasteiger partial charge is 0.314 e. The number of amides is 1. The molecule has 4 nitrogen and oxygen atoms in total. The third-order valence-corrected chi connectivity index (χ3v) is 6.16. The van der Waals surface area contributed by atoms with Crippen LogP contribution in [0.25, 0.3) is 16.6 Å². The van der Waals surface area contributed by atoms with E-state index in [1.54, 1.807) is 0 Å². The van der Waals surface area contributed by atoms with Crippen molar-refractivity contribution in [3.63, 3.8) is 0 Å². The monoisotopic (exact) mass is 383 g/mol. The number of benzene rings is 2. The van der Waals surface area contributed by atoms with Gasteiger partial charge in [0.25, 0.3) is 5.91 Å². The standard InChI is InChI=1S/C25H25N3O/c1-19-11-16-26(17-12-19)14-4-5-15-28-23-10-3-2-9-22(23)27-18-13-20-7-6-8-21(24(20)27)25(28)29/h2-3,6-10,13,18-19H,11-12,14-17H2,1H3. The number of fused-ring (bicyclic) bond motifs is 2. The summed E-state index contributed by atoms with van der Waals surface area (Å²) < 4.78 is 2.13. The van der Waals surface area contributed by atoms with Crippen molar-refractivity contribution in [3.8, 4) is 17.5 Å². The first-order valence-electron chi connectivity index (χ1n) is 10.4. The molecule has 0 saturated carbocycles. The summed E-state index contributed by atoms with van der Waals surface area (Å²) in [6, 6.07) is 16.1. The average Bonchev–Trinajstić information content (AvgIpc) is 3.15. The Morgan fingerprint density at radius 3 is 2.52 bits per heavy atom. The molecule has 0 atom stereocenters. The smallest absolute Gasteiger partial charge is 0.261 e. The maximum absolute atomic E-state index is 13.5. The lowest BCUT2D eigenvalue weighted by Gasteiger charge is -2.28. The number of hydrogen-bond donors (Lipinski definition) is 0. The molecule has 146 valence electrons. The number of aromatic nitrogens is 1. The average molecular weight is 383 g/mol. The van der Waals surface area contributed by atoms with Crippen LogP contribution >= 0.6 is 0 Å². The molecule has 2 aromatic carbocycles. The highest BCUT2D eigenvalue weighted by Crippen LogP contribution is 2.34. The zero-order chi connectivity index (χ0) is 19.8. The molecular weight excluding hydrogens is 358 g/mol. The van der Waals surface area contributed by atoms with Crippen LogP contribution in [-0.4, -0.2) is 41.6 Å². The molecule has 0 spiro atoms. The lowest BCUT2D eigenvalue weighted by Crippen LogP contribution is -2.33. The molecule has 0 radical (unpaired) electrons. The Kier molecular flexibility index (Phi) is 4.61. The molecule has 4 heteroatoms. The van der Waals surface area contributed by atoms with Gasteiger partial charge >= 0.3 is 0 Å². The predicted octanol–water partition coefficient (Wildman–Crippen LogP) is 4.33. The maximum atomic E-state index is 13.5. The quantitative estimate of drug-likeness (QED) is 0.617. The lowest BCUT2D eigenvalue weighted by molar-refractivity contribution is 0.0992. The summed E-state index contributed by atoms with van der Waals surface area (Å²) in [6.45, 7) is 5.76. The molecule has 1 saturated heterocycles. The first-order chi connectivity index (χ1) is 14.2. The number of anilines is 1. The van der Waals surface area contributed by atoms with E-state index < -0.39 is 0 Å². The molecule has 1 amide bonds. The van der Waals surface area contributed by atoms with E-state index in [-0.39, 0.29) is 5.91 Å². The molecule has 0 N–H and O–H groups in total. The van der Waals surface area contributed by atoms with Gasteiger partial charge in [-0.05, 0) is 56.1 Å². The van der Waals surface area contributed by atoms with E-state index in [9.17, 15) is 4.79 Å². The zero-order valence-electron chi connectivity index (χ0n) is 16.8. The second-order valence-corrected chi connectivity index (χ2v) is 8.12.